The van der Waals surface area contributed by atoms with Crippen LogP contribution in [-0.2, 0) is 4.74 Å². The molecule has 0 amide bonds. The van der Waals surface area contributed by atoms with E-state index in [-0.39, 0.29) is 5.60 Å². The van der Waals surface area contributed by atoms with Crippen molar-refractivity contribution >= 4 is 0 Å². The fourth-order valence-electron chi connectivity index (χ4n) is 2.19. The summed E-state index contributed by atoms with van der Waals surface area (Å²) in [5, 5.41) is 8.81. The van der Waals surface area contributed by atoms with Gasteiger partial charge in [0.05, 0.1) is 0 Å². The minimum atomic E-state index is -0.437. The van der Waals surface area contributed by atoms with E-state index in [9.17, 15) is 0 Å². The van der Waals surface area contributed by atoms with Crippen LogP contribution in [-0.4, -0.2) is 11.2 Å². The van der Waals surface area contributed by atoms with Gasteiger partial charge < -0.3 is 4.74 Å². The van der Waals surface area contributed by atoms with Gasteiger partial charge in [-0.15, -0.1) is 0 Å². The van der Waals surface area contributed by atoms with Crippen LogP contribution < -0.4 is 0 Å². The third kappa shape index (κ3) is 0.810. The molecule has 2 heteroatoms. The Balaban J connectivity index is 2.11. The van der Waals surface area contributed by atoms with Gasteiger partial charge >= 0.3 is 0 Å². The van der Waals surface area contributed by atoms with E-state index in [0.717, 1.165) is 12.8 Å². The Morgan fingerprint density at radius 1 is 1.27 bits per heavy atom. The molecule has 2 aliphatic rings. The van der Waals surface area contributed by atoms with Gasteiger partial charge in [-0.2, -0.15) is 5.26 Å². The maximum absolute atomic E-state index is 8.81. The Morgan fingerprint density at radius 3 is 2.36 bits per heavy atom. The van der Waals surface area contributed by atoms with Crippen molar-refractivity contribution in [3.8, 4) is 6.07 Å². The number of ether oxygens (including phenoxy) is 1. The van der Waals surface area contributed by atoms with E-state index >= 15 is 0 Å². The first-order valence-corrected chi connectivity index (χ1v) is 4.34. The van der Waals surface area contributed by atoms with E-state index in [1.807, 2.05) is 6.92 Å². The lowest BCUT2D eigenvalue weighted by molar-refractivity contribution is 0.230. The van der Waals surface area contributed by atoms with Crippen LogP contribution in [0.3, 0.4) is 0 Å². The molecule has 1 saturated heterocycles. The van der Waals surface area contributed by atoms with Gasteiger partial charge in [-0.05, 0) is 19.8 Å². The van der Waals surface area contributed by atoms with Gasteiger partial charge in [0.2, 0.25) is 0 Å². The van der Waals surface area contributed by atoms with Crippen molar-refractivity contribution in [3.05, 3.63) is 0 Å². The molecule has 11 heavy (non-hydrogen) atoms. The topological polar surface area (TPSA) is 36.3 Å². The standard InChI is InChI=1S/C9H13NO/c1-8(7-10)9(11-8)5-3-2-4-6-9/h2-6H2,1H3. The molecule has 1 aliphatic carbocycles. The van der Waals surface area contributed by atoms with Crippen LogP contribution in [0, 0.1) is 11.3 Å². The first-order valence-electron chi connectivity index (χ1n) is 4.34. The zero-order chi connectivity index (χ0) is 7.95. The highest BCUT2D eigenvalue weighted by Gasteiger charge is 2.67. The van der Waals surface area contributed by atoms with Crippen LogP contribution in [0.5, 0.6) is 0 Å². The molecule has 2 fully saturated rings. The molecule has 0 radical (unpaired) electrons. The Labute approximate surface area is 67.2 Å². The lowest BCUT2D eigenvalue weighted by Crippen LogP contribution is -2.24. The lowest BCUT2D eigenvalue weighted by atomic mass is 9.81. The van der Waals surface area contributed by atoms with E-state index in [0.29, 0.717) is 0 Å². The second kappa shape index (κ2) is 1.98. The molecule has 0 aromatic carbocycles. The molecule has 1 unspecified atom stereocenters. The number of epoxide rings is 1. The Kier molecular flexibility index (Phi) is 1.28. The summed E-state index contributed by atoms with van der Waals surface area (Å²) in [7, 11) is 0. The smallest absolute Gasteiger partial charge is 0.181 e. The van der Waals surface area contributed by atoms with E-state index in [2.05, 4.69) is 6.07 Å². The van der Waals surface area contributed by atoms with E-state index in [1.165, 1.54) is 19.3 Å². The van der Waals surface area contributed by atoms with Crippen LogP contribution in [0.1, 0.15) is 39.0 Å². The molecule has 2 nitrogen and oxygen atoms in total. The molecule has 1 spiro atoms. The number of nitrogens with zero attached hydrogens (tertiary/aromatic N) is 1. The molecular formula is C9H13NO. The Bertz CT molecular complexity index is 212. The summed E-state index contributed by atoms with van der Waals surface area (Å²) in [5.74, 6) is 0. The Morgan fingerprint density at radius 2 is 1.91 bits per heavy atom. The molecule has 0 aromatic heterocycles. The molecule has 1 saturated carbocycles. The fraction of sp³-hybridized carbons (Fsp3) is 0.889. The SMILES string of the molecule is CC1(C#N)OC12CCCCC2. The maximum Gasteiger partial charge on any atom is 0.181 e. The minimum absolute atomic E-state index is 0.0278. The maximum atomic E-state index is 8.81. The van der Waals surface area contributed by atoms with Gasteiger partial charge in [0.15, 0.2) is 5.60 Å². The van der Waals surface area contributed by atoms with Crippen LogP contribution in [0.25, 0.3) is 0 Å². The average Bonchev–Trinajstić information content (AvgIpc) is 2.59. The summed E-state index contributed by atoms with van der Waals surface area (Å²) in [5.41, 5.74) is -0.465. The summed E-state index contributed by atoms with van der Waals surface area (Å²) in [4.78, 5) is 0. The monoisotopic (exact) mass is 151 g/mol. The second-order valence-corrected chi connectivity index (χ2v) is 3.80. The summed E-state index contributed by atoms with van der Waals surface area (Å²) in [6.07, 6.45) is 5.97. The molecule has 1 heterocycles. The second-order valence-electron chi connectivity index (χ2n) is 3.80. The summed E-state index contributed by atoms with van der Waals surface area (Å²) in [6.45, 7) is 1.92. The van der Waals surface area contributed by atoms with Gasteiger partial charge in [-0.3, -0.25) is 0 Å². The highest BCUT2D eigenvalue weighted by molar-refractivity contribution is 5.25. The van der Waals surface area contributed by atoms with Crippen molar-refractivity contribution in [2.24, 2.45) is 0 Å². The lowest BCUT2D eigenvalue weighted by Gasteiger charge is -2.18. The number of rotatable bonds is 0. The van der Waals surface area contributed by atoms with Crippen molar-refractivity contribution < 1.29 is 4.74 Å². The van der Waals surface area contributed by atoms with Crippen molar-refractivity contribution in [2.45, 2.75) is 50.2 Å². The highest BCUT2D eigenvalue weighted by atomic mass is 16.6. The molecule has 1 atom stereocenters. The van der Waals surface area contributed by atoms with Crippen molar-refractivity contribution in [3.63, 3.8) is 0 Å². The third-order valence-corrected chi connectivity index (χ3v) is 3.10. The van der Waals surface area contributed by atoms with Crippen molar-refractivity contribution in [2.75, 3.05) is 0 Å². The number of hydrogen-bond donors (Lipinski definition) is 0. The molecule has 2 rings (SSSR count). The zero-order valence-corrected chi connectivity index (χ0v) is 6.89. The van der Waals surface area contributed by atoms with E-state index in [4.69, 9.17) is 10.00 Å². The molecule has 60 valence electrons. The normalized spacial score (nSPS) is 40.0. The third-order valence-electron chi connectivity index (χ3n) is 3.10. The first-order chi connectivity index (χ1) is 5.22. The fourth-order valence-corrected chi connectivity index (χ4v) is 2.19. The quantitative estimate of drug-likeness (QED) is 0.496. The van der Waals surface area contributed by atoms with Crippen molar-refractivity contribution in [1.82, 2.24) is 0 Å². The largest absolute Gasteiger partial charge is 0.347 e. The van der Waals surface area contributed by atoms with Crippen LogP contribution >= 0.6 is 0 Å². The van der Waals surface area contributed by atoms with E-state index in [1.54, 1.807) is 0 Å². The van der Waals surface area contributed by atoms with Gasteiger partial charge in [0, 0.05) is 0 Å². The predicted molar refractivity (Wildman–Crippen MR) is 40.9 cm³/mol. The molecule has 0 bridgehead atoms. The van der Waals surface area contributed by atoms with Gasteiger partial charge in [0.1, 0.15) is 11.7 Å². The zero-order valence-electron chi connectivity index (χ0n) is 6.89. The average molecular weight is 151 g/mol. The highest BCUT2D eigenvalue weighted by Crippen LogP contribution is 2.55. The summed E-state index contributed by atoms with van der Waals surface area (Å²) < 4.78 is 5.52. The number of nitriles is 1. The molecule has 0 aromatic rings. The van der Waals surface area contributed by atoms with Gasteiger partial charge in [-0.1, -0.05) is 19.3 Å². The van der Waals surface area contributed by atoms with Gasteiger partial charge in [0.25, 0.3) is 0 Å². The predicted octanol–water partition coefficient (Wildman–Crippen LogP) is 2.00. The summed E-state index contributed by atoms with van der Waals surface area (Å²) >= 11 is 0. The van der Waals surface area contributed by atoms with E-state index < -0.39 is 5.60 Å². The van der Waals surface area contributed by atoms with Crippen LogP contribution in [0.2, 0.25) is 0 Å². The summed E-state index contributed by atoms with van der Waals surface area (Å²) in [6, 6.07) is 2.25. The molecule has 0 N–H and O–H groups in total. The first kappa shape index (κ1) is 7.12. The Hall–Kier alpha value is -0.550. The van der Waals surface area contributed by atoms with Gasteiger partial charge in [-0.25, -0.2) is 0 Å². The number of hydrogen-bond acceptors (Lipinski definition) is 2. The van der Waals surface area contributed by atoms with Crippen LogP contribution in [0.15, 0.2) is 0 Å². The van der Waals surface area contributed by atoms with Crippen molar-refractivity contribution in [1.29, 1.82) is 5.26 Å². The van der Waals surface area contributed by atoms with Crippen LogP contribution in [0.4, 0.5) is 0 Å². The molecule has 1 aliphatic heterocycles. The molecular weight excluding hydrogens is 138 g/mol. The minimum Gasteiger partial charge on any atom is -0.347 e.